The highest BCUT2D eigenvalue weighted by Crippen LogP contribution is 2.23. The molecule has 1 fully saturated rings. The van der Waals surface area contributed by atoms with Gasteiger partial charge in [-0.25, -0.2) is 0 Å². The zero-order valence-electron chi connectivity index (χ0n) is 11.8. The Kier molecular flexibility index (Phi) is 4.99. The second-order valence-corrected chi connectivity index (χ2v) is 5.13. The Balaban J connectivity index is 1.89. The molecule has 0 radical (unpaired) electrons. The first-order chi connectivity index (χ1) is 10.4. The van der Waals surface area contributed by atoms with Crippen LogP contribution in [0.2, 0.25) is 0 Å². The molecule has 2 rings (SSSR count). The number of nitrogens with zero attached hydrogens (tertiary/aromatic N) is 2. The summed E-state index contributed by atoms with van der Waals surface area (Å²) in [6.07, 6.45) is -2.46. The Morgan fingerprint density at radius 3 is 2.77 bits per heavy atom. The van der Waals surface area contributed by atoms with Gasteiger partial charge in [-0.05, 0) is 25.0 Å². The van der Waals surface area contributed by atoms with Gasteiger partial charge in [0.15, 0.2) is 0 Å². The minimum atomic E-state index is -4.90. The molecule has 1 unspecified atom stereocenters. The third-order valence-electron chi connectivity index (χ3n) is 3.49. The zero-order chi connectivity index (χ0) is 16.2. The van der Waals surface area contributed by atoms with Crippen LogP contribution in [0.4, 0.5) is 13.2 Å². The van der Waals surface area contributed by atoms with Crippen molar-refractivity contribution in [2.45, 2.75) is 25.6 Å². The first-order valence-corrected chi connectivity index (χ1v) is 6.91. The summed E-state index contributed by atoms with van der Waals surface area (Å²) in [4.78, 5) is 28.0. The number of halogens is 3. The van der Waals surface area contributed by atoms with Crippen molar-refractivity contribution >= 4 is 11.8 Å². The number of carbonyl (C=O) groups is 2. The van der Waals surface area contributed by atoms with E-state index in [1.54, 1.807) is 24.4 Å². The maximum atomic E-state index is 12.4. The van der Waals surface area contributed by atoms with Crippen molar-refractivity contribution in [1.82, 2.24) is 15.2 Å². The molecular weight excluding hydrogens is 299 g/mol. The van der Waals surface area contributed by atoms with Crippen LogP contribution in [-0.4, -0.2) is 41.0 Å². The van der Waals surface area contributed by atoms with E-state index in [1.165, 1.54) is 0 Å². The molecule has 0 aliphatic carbocycles. The van der Waals surface area contributed by atoms with Crippen LogP contribution in [0.15, 0.2) is 24.4 Å². The molecule has 5 nitrogen and oxygen atoms in total. The lowest BCUT2D eigenvalue weighted by Crippen LogP contribution is -2.49. The number of likely N-dealkylation sites (tertiary alicyclic amines) is 1. The van der Waals surface area contributed by atoms with Crippen molar-refractivity contribution in [2.24, 2.45) is 5.92 Å². The molecule has 1 N–H and O–H groups in total. The molecule has 1 aliphatic heterocycles. The fraction of sp³-hybridized carbons (Fsp3) is 0.500. The third-order valence-corrected chi connectivity index (χ3v) is 3.49. The number of amides is 2. The molecule has 1 atom stereocenters. The van der Waals surface area contributed by atoms with E-state index in [-0.39, 0.29) is 25.5 Å². The van der Waals surface area contributed by atoms with Crippen molar-refractivity contribution < 1.29 is 22.8 Å². The summed E-state index contributed by atoms with van der Waals surface area (Å²) >= 11 is 0. The number of aromatic nitrogens is 1. The van der Waals surface area contributed by atoms with Gasteiger partial charge in [-0.15, -0.1) is 0 Å². The van der Waals surface area contributed by atoms with Gasteiger partial charge in [-0.3, -0.25) is 14.6 Å². The normalized spacial score (nSPS) is 18.9. The maximum Gasteiger partial charge on any atom is 0.471 e. The number of alkyl halides is 3. The summed E-state index contributed by atoms with van der Waals surface area (Å²) in [5, 5.41) is 2.65. The number of rotatable bonds is 3. The molecule has 1 aliphatic rings. The summed E-state index contributed by atoms with van der Waals surface area (Å²) in [6, 6.07) is 5.26. The van der Waals surface area contributed by atoms with Crippen LogP contribution in [0.5, 0.6) is 0 Å². The van der Waals surface area contributed by atoms with Crippen LogP contribution in [-0.2, 0) is 16.1 Å². The SMILES string of the molecule is O=C(NCc1ccccn1)C1CCCN(C(=O)C(F)(F)F)C1. The van der Waals surface area contributed by atoms with Crippen LogP contribution in [0.25, 0.3) is 0 Å². The van der Waals surface area contributed by atoms with Gasteiger partial charge in [0.2, 0.25) is 5.91 Å². The minimum Gasteiger partial charge on any atom is -0.350 e. The molecule has 2 amide bonds. The van der Waals surface area contributed by atoms with Crippen molar-refractivity contribution in [3.8, 4) is 0 Å². The highest BCUT2D eigenvalue weighted by Gasteiger charge is 2.44. The number of pyridine rings is 1. The molecule has 1 saturated heterocycles. The predicted molar refractivity (Wildman–Crippen MR) is 71.4 cm³/mol. The molecular formula is C14H16F3N3O2. The highest BCUT2D eigenvalue weighted by atomic mass is 19.4. The van der Waals surface area contributed by atoms with E-state index in [9.17, 15) is 22.8 Å². The molecule has 1 aromatic rings. The maximum absolute atomic E-state index is 12.4. The molecule has 2 heterocycles. The Morgan fingerprint density at radius 1 is 1.36 bits per heavy atom. The average Bonchev–Trinajstić information content (AvgIpc) is 2.52. The summed E-state index contributed by atoms with van der Waals surface area (Å²) < 4.78 is 37.3. The average molecular weight is 315 g/mol. The van der Waals surface area contributed by atoms with Gasteiger partial charge >= 0.3 is 12.1 Å². The van der Waals surface area contributed by atoms with Crippen LogP contribution in [0.3, 0.4) is 0 Å². The van der Waals surface area contributed by atoms with E-state index in [0.29, 0.717) is 23.4 Å². The van der Waals surface area contributed by atoms with Crippen molar-refractivity contribution in [3.05, 3.63) is 30.1 Å². The van der Waals surface area contributed by atoms with Gasteiger partial charge in [0.1, 0.15) is 0 Å². The zero-order valence-corrected chi connectivity index (χ0v) is 11.8. The van der Waals surface area contributed by atoms with Gasteiger partial charge in [0.05, 0.1) is 18.2 Å². The fourth-order valence-electron chi connectivity index (χ4n) is 2.38. The largest absolute Gasteiger partial charge is 0.471 e. The van der Waals surface area contributed by atoms with Gasteiger partial charge in [-0.2, -0.15) is 13.2 Å². The number of hydrogen-bond acceptors (Lipinski definition) is 3. The van der Waals surface area contributed by atoms with Crippen molar-refractivity contribution in [1.29, 1.82) is 0 Å². The highest BCUT2D eigenvalue weighted by molar-refractivity contribution is 5.84. The van der Waals surface area contributed by atoms with E-state index >= 15 is 0 Å². The molecule has 0 spiro atoms. The topological polar surface area (TPSA) is 62.3 Å². The van der Waals surface area contributed by atoms with E-state index in [1.807, 2.05) is 0 Å². The standard InChI is InChI=1S/C14H16F3N3O2/c15-14(16,17)13(22)20-7-3-4-10(9-20)12(21)19-8-11-5-1-2-6-18-11/h1-2,5-6,10H,3-4,7-9H2,(H,19,21). The molecule has 8 heteroatoms. The third kappa shape index (κ3) is 4.19. The summed E-state index contributed by atoms with van der Waals surface area (Å²) in [7, 11) is 0. The number of carbonyl (C=O) groups excluding carboxylic acids is 2. The van der Waals surface area contributed by atoms with Gasteiger partial charge in [-0.1, -0.05) is 6.07 Å². The van der Waals surface area contributed by atoms with Gasteiger partial charge < -0.3 is 10.2 Å². The number of piperidine rings is 1. The van der Waals surface area contributed by atoms with Gasteiger partial charge in [0, 0.05) is 19.3 Å². The fourth-order valence-corrected chi connectivity index (χ4v) is 2.38. The van der Waals surface area contributed by atoms with E-state index in [4.69, 9.17) is 0 Å². The molecule has 1 aromatic heterocycles. The summed E-state index contributed by atoms with van der Waals surface area (Å²) in [5.41, 5.74) is 0.662. The minimum absolute atomic E-state index is 0.0301. The summed E-state index contributed by atoms with van der Waals surface area (Å²) in [5.74, 6) is -2.86. The second kappa shape index (κ2) is 6.76. The lowest BCUT2D eigenvalue weighted by Gasteiger charge is -2.32. The lowest BCUT2D eigenvalue weighted by molar-refractivity contribution is -0.187. The Morgan fingerprint density at radius 2 is 2.14 bits per heavy atom. The van der Waals surface area contributed by atoms with E-state index in [2.05, 4.69) is 10.3 Å². The quantitative estimate of drug-likeness (QED) is 0.919. The molecule has 0 aromatic carbocycles. The molecule has 0 bridgehead atoms. The monoisotopic (exact) mass is 315 g/mol. The molecule has 22 heavy (non-hydrogen) atoms. The van der Waals surface area contributed by atoms with Gasteiger partial charge in [0.25, 0.3) is 0 Å². The Bertz CT molecular complexity index is 534. The van der Waals surface area contributed by atoms with Crippen LogP contribution in [0.1, 0.15) is 18.5 Å². The van der Waals surface area contributed by atoms with Crippen LogP contribution < -0.4 is 5.32 Å². The Hall–Kier alpha value is -2.12. The first kappa shape index (κ1) is 16.3. The predicted octanol–water partition coefficient (Wildman–Crippen LogP) is 1.50. The number of nitrogens with one attached hydrogen (secondary N) is 1. The van der Waals surface area contributed by atoms with Crippen LogP contribution in [0, 0.1) is 5.92 Å². The molecule has 0 saturated carbocycles. The molecule has 120 valence electrons. The first-order valence-electron chi connectivity index (χ1n) is 6.91. The lowest BCUT2D eigenvalue weighted by atomic mass is 9.97. The van der Waals surface area contributed by atoms with Crippen LogP contribution >= 0.6 is 0 Å². The smallest absolute Gasteiger partial charge is 0.350 e. The van der Waals surface area contributed by atoms with E-state index in [0.717, 1.165) is 0 Å². The van der Waals surface area contributed by atoms with Crippen molar-refractivity contribution in [2.75, 3.05) is 13.1 Å². The Labute approximate surface area is 125 Å². The second-order valence-electron chi connectivity index (χ2n) is 5.13. The van der Waals surface area contributed by atoms with Crippen molar-refractivity contribution in [3.63, 3.8) is 0 Å². The van der Waals surface area contributed by atoms with E-state index < -0.39 is 18.0 Å². The number of hydrogen-bond donors (Lipinski definition) is 1. The summed E-state index contributed by atoms with van der Waals surface area (Å²) in [6.45, 7) is 0.0398.